The van der Waals surface area contributed by atoms with Crippen LogP contribution in [0.15, 0.2) is 16.6 Å². The molecule has 0 aliphatic carbocycles. The van der Waals surface area contributed by atoms with E-state index in [0.29, 0.717) is 11.8 Å². The third-order valence-corrected chi connectivity index (χ3v) is 3.73. The molecule has 4 heteroatoms. The fraction of sp³-hybridized carbons (Fsp3) is 0.467. The third kappa shape index (κ3) is 4.45. The Hall–Kier alpha value is -1.18. The number of rotatable bonds is 7. The van der Waals surface area contributed by atoms with E-state index < -0.39 is 0 Å². The fourth-order valence-corrected chi connectivity index (χ4v) is 2.25. The molecule has 0 aliphatic heterocycles. The van der Waals surface area contributed by atoms with Gasteiger partial charge in [-0.05, 0) is 24.1 Å². The van der Waals surface area contributed by atoms with Gasteiger partial charge in [0.2, 0.25) is 0 Å². The third-order valence-electron chi connectivity index (χ3n) is 2.99. The number of ether oxygens (including phenoxy) is 2. The number of methoxy groups -OCH3 is 2. The van der Waals surface area contributed by atoms with Crippen LogP contribution in [0.2, 0.25) is 0 Å². The minimum absolute atomic E-state index is 0.338. The molecule has 1 unspecified atom stereocenters. The second-order valence-corrected chi connectivity index (χ2v) is 5.05. The van der Waals surface area contributed by atoms with Gasteiger partial charge < -0.3 is 14.8 Å². The normalized spacial score (nSPS) is 11.7. The van der Waals surface area contributed by atoms with Crippen LogP contribution >= 0.6 is 15.9 Å². The van der Waals surface area contributed by atoms with Gasteiger partial charge in [-0.15, -0.1) is 12.3 Å². The van der Waals surface area contributed by atoms with Gasteiger partial charge in [-0.2, -0.15) is 0 Å². The first-order valence-electron chi connectivity index (χ1n) is 6.23. The summed E-state index contributed by atoms with van der Waals surface area (Å²) in [6.07, 6.45) is 7.10. The molecule has 0 amide bonds. The lowest BCUT2D eigenvalue weighted by Crippen LogP contribution is -2.27. The predicted octanol–water partition coefficient (Wildman–Crippen LogP) is 3.36. The summed E-state index contributed by atoms with van der Waals surface area (Å²) in [5.41, 5.74) is 1.12. The van der Waals surface area contributed by atoms with Crippen LogP contribution in [0.3, 0.4) is 0 Å². The molecule has 3 nitrogen and oxygen atoms in total. The van der Waals surface area contributed by atoms with Gasteiger partial charge in [0, 0.05) is 23.5 Å². The Morgan fingerprint density at radius 2 is 1.95 bits per heavy atom. The van der Waals surface area contributed by atoms with Crippen molar-refractivity contribution in [3.63, 3.8) is 0 Å². The molecule has 1 aromatic rings. The SMILES string of the molecule is C#CCC(CC)NCc1cc(OC)c(OC)cc1Br. The van der Waals surface area contributed by atoms with Crippen molar-refractivity contribution in [1.29, 1.82) is 0 Å². The van der Waals surface area contributed by atoms with Crippen LogP contribution in [0.25, 0.3) is 0 Å². The van der Waals surface area contributed by atoms with E-state index in [0.717, 1.165) is 35.2 Å². The van der Waals surface area contributed by atoms with Gasteiger partial charge in [0.1, 0.15) is 0 Å². The Morgan fingerprint density at radius 1 is 1.32 bits per heavy atom. The molecule has 0 fully saturated rings. The maximum Gasteiger partial charge on any atom is 0.161 e. The molecule has 1 N–H and O–H groups in total. The Kier molecular flexibility index (Phi) is 6.75. The van der Waals surface area contributed by atoms with Gasteiger partial charge in [-0.1, -0.05) is 22.9 Å². The molecular weight excluding hydrogens is 306 g/mol. The summed E-state index contributed by atoms with van der Waals surface area (Å²) >= 11 is 3.55. The zero-order valence-corrected chi connectivity index (χ0v) is 13.2. The van der Waals surface area contributed by atoms with Crippen LogP contribution in [0.5, 0.6) is 11.5 Å². The van der Waals surface area contributed by atoms with Crippen molar-refractivity contribution in [2.24, 2.45) is 0 Å². The summed E-state index contributed by atoms with van der Waals surface area (Å²) < 4.78 is 11.6. The van der Waals surface area contributed by atoms with Gasteiger partial charge in [-0.3, -0.25) is 0 Å². The van der Waals surface area contributed by atoms with Crippen molar-refractivity contribution in [1.82, 2.24) is 5.32 Å². The van der Waals surface area contributed by atoms with Crippen LogP contribution in [-0.4, -0.2) is 20.3 Å². The zero-order valence-electron chi connectivity index (χ0n) is 11.6. The second kappa shape index (κ2) is 8.08. The summed E-state index contributed by atoms with van der Waals surface area (Å²) in [4.78, 5) is 0. The van der Waals surface area contributed by atoms with Crippen molar-refractivity contribution >= 4 is 15.9 Å². The van der Waals surface area contributed by atoms with E-state index in [4.69, 9.17) is 15.9 Å². The average molecular weight is 326 g/mol. The zero-order chi connectivity index (χ0) is 14.3. The number of terminal acetylenes is 1. The summed E-state index contributed by atoms with van der Waals surface area (Å²) in [5, 5.41) is 3.45. The molecule has 1 atom stereocenters. The highest BCUT2D eigenvalue weighted by Crippen LogP contribution is 2.33. The van der Waals surface area contributed by atoms with E-state index in [1.165, 1.54) is 0 Å². The van der Waals surface area contributed by atoms with Crippen molar-refractivity contribution in [2.75, 3.05) is 14.2 Å². The molecule has 0 bridgehead atoms. The molecule has 19 heavy (non-hydrogen) atoms. The molecule has 0 aromatic heterocycles. The Morgan fingerprint density at radius 3 is 2.47 bits per heavy atom. The first-order chi connectivity index (χ1) is 9.15. The monoisotopic (exact) mass is 325 g/mol. The highest BCUT2D eigenvalue weighted by Gasteiger charge is 2.11. The Labute approximate surface area is 123 Å². The molecular formula is C15H20BrNO2. The van der Waals surface area contributed by atoms with E-state index in [2.05, 4.69) is 34.1 Å². The van der Waals surface area contributed by atoms with E-state index in [-0.39, 0.29) is 0 Å². The average Bonchev–Trinajstić information content (AvgIpc) is 2.44. The summed E-state index contributed by atoms with van der Waals surface area (Å²) in [6, 6.07) is 4.22. The van der Waals surface area contributed by atoms with Crippen LogP contribution in [0.1, 0.15) is 25.3 Å². The van der Waals surface area contributed by atoms with E-state index in [1.54, 1.807) is 14.2 Å². The smallest absolute Gasteiger partial charge is 0.161 e. The minimum atomic E-state index is 0.338. The maximum absolute atomic E-state index is 5.35. The Balaban J connectivity index is 2.81. The van der Waals surface area contributed by atoms with E-state index >= 15 is 0 Å². The van der Waals surface area contributed by atoms with Crippen molar-refractivity contribution in [3.8, 4) is 23.8 Å². The summed E-state index contributed by atoms with van der Waals surface area (Å²) in [6.45, 7) is 2.86. The van der Waals surface area contributed by atoms with Crippen molar-refractivity contribution in [3.05, 3.63) is 22.2 Å². The van der Waals surface area contributed by atoms with Gasteiger partial charge in [0.15, 0.2) is 11.5 Å². The topological polar surface area (TPSA) is 30.5 Å². The molecule has 1 rings (SSSR count). The predicted molar refractivity (Wildman–Crippen MR) is 81.6 cm³/mol. The highest BCUT2D eigenvalue weighted by molar-refractivity contribution is 9.10. The number of benzene rings is 1. The standard InChI is InChI=1S/C15H20BrNO2/c1-5-7-12(6-2)17-10-11-8-14(18-3)15(19-4)9-13(11)16/h1,8-9,12,17H,6-7,10H2,2-4H3. The number of halogens is 1. The largest absolute Gasteiger partial charge is 0.493 e. The van der Waals surface area contributed by atoms with Crippen LogP contribution < -0.4 is 14.8 Å². The molecule has 0 saturated heterocycles. The van der Waals surface area contributed by atoms with E-state index in [9.17, 15) is 0 Å². The first-order valence-corrected chi connectivity index (χ1v) is 7.02. The van der Waals surface area contributed by atoms with Crippen molar-refractivity contribution in [2.45, 2.75) is 32.4 Å². The molecule has 0 radical (unpaired) electrons. The maximum atomic E-state index is 5.35. The van der Waals surface area contributed by atoms with Crippen LogP contribution in [0, 0.1) is 12.3 Å². The molecule has 0 heterocycles. The summed E-state index contributed by atoms with van der Waals surface area (Å²) in [5.74, 6) is 4.14. The lowest BCUT2D eigenvalue weighted by atomic mass is 10.1. The molecule has 0 aliphatic rings. The van der Waals surface area contributed by atoms with Gasteiger partial charge in [0.25, 0.3) is 0 Å². The van der Waals surface area contributed by atoms with Crippen LogP contribution in [-0.2, 0) is 6.54 Å². The molecule has 0 saturated carbocycles. The number of hydrogen-bond acceptors (Lipinski definition) is 3. The summed E-state index contributed by atoms with van der Waals surface area (Å²) in [7, 11) is 3.26. The lowest BCUT2D eigenvalue weighted by Gasteiger charge is -2.16. The van der Waals surface area contributed by atoms with Crippen LogP contribution in [0.4, 0.5) is 0 Å². The molecule has 104 valence electrons. The van der Waals surface area contributed by atoms with Gasteiger partial charge >= 0.3 is 0 Å². The number of nitrogens with one attached hydrogen (secondary N) is 1. The van der Waals surface area contributed by atoms with Gasteiger partial charge in [-0.25, -0.2) is 0 Å². The molecule has 0 spiro atoms. The number of hydrogen-bond donors (Lipinski definition) is 1. The van der Waals surface area contributed by atoms with Crippen molar-refractivity contribution < 1.29 is 9.47 Å². The second-order valence-electron chi connectivity index (χ2n) is 4.19. The highest BCUT2D eigenvalue weighted by atomic mass is 79.9. The first kappa shape index (κ1) is 15.9. The van der Waals surface area contributed by atoms with E-state index in [1.807, 2.05) is 12.1 Å². The Bertz CT molecular complexity index is 454. The van der Waals surface area contributed by atoms with Gasteiger partial charge in [0.05, 0.1) is 14.2 Å². The molecule has 1 aromatic carbocycles. The fourth-order valence-electron chi connectivity index (χ4n) is 1.79. The lowest BCUT2D eigenvalue weighted by molar-refractivity contribution is 0.354. The quantitative estimate of drug-likeness (QED) is 0.780. The minimum Gasteiger partial charge on any atom is -0.493 e.